The van der Waals surface area contributed by atoms with Gasteiger partial charge in [-0.2, -0.15) is 5.06 Å². The minimum Gasteiger partial charge on any atom is -0.314 e. The predicted molar refractivity (Wildman–Crippen MR) is 38.5 cm³/mol. The lowest BCUT2D eigenvalue weighted by atomic mass is 10.2. The van der Waals surface area contributed by atoms with E-state index in [1.54, 1.807) is 0 Å². The lowest BCUT2D eigenvalue weighted by molar-refractivity contribution is -0.122. The van der Waals surface area contributed by atoms with Gasteiger partial charge in [-0.25, -0.2) is 0 Å². The van der Waals surface area contributed by atoms with Gasteiger partial charge in [0, 0.05) is 12.6 Å². The smallest absolute Gasteiger partial charge is 0.0319 e. The van der Waals surface area contributed by atoms with Gasteiger partial charge in [-0.1, -0.05) is 13.8 Å². The normalized spacial score (nSPS) is 14.3. The maximum Gasteiger partial charge on any atom is 0.0319 e. The van der Waals surface area contributed by atoms with Crippen LogP contribution >= 0.6 is 0 Å². The molecule has 0 spiro atoms. The summed E-state index contributed by atoms with van der Waals surface area (Å²) in [4.78, 5) is 0. The second kappa shape index (κ2) is 4.77. The Morgan fingerprint density at radius 3 is 2.33 bits per heavy atom. The Labute approximate surface area is 57.4 Å². The van der Waals surface area contributed by atoms with Crippen LogP contribution in [0.5, 0.6) is 0 Å². The Balaban J connectivity index is 3.32. The van der Waals surface area contributed by atoms with Crippen LogP contribution in [-0.2, 0) is 0 Å². The Bertz CT molecular complexity index is 65.9. The van der Waals surface area contributed by atoms with E-state index in [-0.39, 0.29) is 0 Å². The van der Waals surface area contributed by atoms with Crippen molar-refractivity contribution < 1.29 is 5.21 Å². The number of nitrogens with zero attached hydrogens (tertiary/aromatic N) is 1. The van der Waals surface area contributed by atoms with Gasteiger partial charge in [0.2, 0.25) is 0 Å². The second-order valence-corrected chi connectivity index (χ2v) is 2.42. The molecule has 0 amide bonds. The first kappa shape index (κ1) is 8.92. The molecule has 0 saturated carbocycles. The molecule has 0 fully saturated rings. The van der Waals surface area contributed by atoms with E-state index in [0.29, 0.717) is 6.04 Å². The molecule has 0 aromatic heterocycles. The van der Waals surface area contributed by atoms with E-state index in [4.69, 9.17) is 5.21 Å². The molecule has 0 aliphatic rings. The molecule has 0 aliphatic heterocycles. The molecule has 0 aliphatic carbocycles. The third kappa shape index (κ3) is 3.49. The first-order valence-corrected chi connectivity index (χ1v) is 3.67. The summed E-state index contributed by atoms with van der Waals surface area (Å²) < 4.78 is 0. The van der Waals surface area contributed by atoms with Gasteiger partial charge >= 0.3 is 0 Å². The highest BCUT2D eigenvalue weighted by Crippen LogP contribution is 1.99. The maximum absolute atomic E-state index is 9.15. The molecule has 0 radical (unpaired) electrons. The zero-order chi connectivity index (χ0) is 7.28. The van der Waals surface area contributed by atoms with Crippen LogP contribution in [0, 0.1) is 0 Å². The second-order valence-electron chi connectivity index (χ2n) is 2.42. The van der Waals surface area contributed by atoms with Crippen molar-refractivity contribution in [2.45, 2.75) is 39.7 Å². The van der Waals surface area contributed by atoms with Gasteiger partial charge in [0.25, 0.3) is 0 Å². The average molecular weight is 131 g/mol. The van der Waals surface area contributed by atoms with Crippen LogP contribution in [0.2, 0.25) is 0 Å². The molecule has 2 nitrogen and oxygen atoms in total. The first-order valence-electron chi connectivity index (χ1n) is 3.67. The Morgan fingerprint density at radius 2 is 2.00 bits per heavy atom. The van der Waals surface area contributed by atoms with Crippen LogP contribution in [0.1, 0.15) is 33.6 Å². The van der Waals surface area contributed by atoms with E-state index in [2.05, 4.69) is 13.8 Å². The standard InChI is InChI=1S/C7H17NO/c1-4-6-8(9)7(3)5-2/h7,9H,4-6H2,1-3H3. The van der Waals surface area contributed by atoms with Gasteiger partial charge in [0.1, 0.15) is 0 Å². The monoisotopic (exact) mass is 131 g/mol. The van der Waals surface area contributed by atoms with Crippen molar-refractivity contribution >= 4 is 0 Å². The fourth-order valence-corrected chi connectivity index (χ4v) is 0.660. The highest BCUT2D eigenvalue weighted by molar-refractivity contribution is 4.53. The third-order valence-electron chi connectivity index (χ3n) is 1.55. The average Bonchev–Trinajstić information content (AvgIpc) is 1.87. The number of hydroxylamine groups is 2. The molecule has 0 rings (SSSR count). The zero-order valence-corrected chi connectivity index (χ0v) is 6.59. The first-order chi connectivity index (χ1) is 4.22. The Morgan fingerprint density at radius 1 is 1.44 bits per heavy atom. The van der Waals surface area contributed by atoms with Crippen molar-refractivity contribution in [2.75, 3.05) is 6.54 Å². The molecule has 0 aromatic rings. The maximum atomic E-state index is 9.15. The summed E-state index contributed by atoms with van der Waals surface area (Å²) in [5, 5.41) is 10.6. The van der Waals surface area contributed by atoms with Crippen LogP contribution in [0.25, 0.3) is 0 Å². The molecule has 0 bridgehead atoms. The lowest BCUT2D eigenvalue weighted by Crippen LogP contribution is -2.29. The van der Waals surface area contributed by atoms with Crippen molar-refractivity contribution in [3.8, 4) is 0 Å². The van der Waals surface area contributed by atoms with Crippen molar-refractivity contribution in [1.82, 2.24) is 5.06 Å². The van der Waals surface area contributed by atoms with Gasteiger partial charge in [0.05, 0.1) is 0 Å². The summed E-state index contributed by atoms with van der Waals surface area (Å²) in [6, 6.07) is 0.310. The van der Waals surface area contributed by atoms with E-state index < -0.39 is 0 Å². The summed E-state index contributed by atoms with van der Waals surface area (Å²) in [5.41, 5.74) is 0. The fourth-order valence-electron chi connectivity index (χ4n) is 0.660. The van der Waals surface area contributed by atoms with E-state index in [9.17, 15) is 0 Å². The van der Waals surface area contributed by atoms with Crippen LogP contribution < -0.4 is 0 Å². The summed E-state index contributed by atoms with van der Waals surface area (Å²) >= 11 is 0. The molecule has 1 atom stereocenters. The Kier molecular flexibility index (Phi) is 4.72. The lowest BCUT2D eigenvalue weighted by Gasteiger charge is -2.19. The fraction of sp³-hybridized carbons (Fsp3) is 1.00. The molecule has 0 aromatic carbocycles. The summed E-state index contributed by atoms with van der Waals surface area (Å²) in [7, 11) is 0. The van der Waals surface area contributed by atoms with Crippen LogP contribution in [0.15, 0.2) is 0 Å². The van der Waals surface area contributed by atoms with Gasteiger partial charge in [0.15, 0.2) is 0 Å². The summed E-state index contributed by atoms with van der Waals surface area (Å²) in [6.07, 6.45) is 2.03. The van der Waals surface area contributed by atoms with Crippen LogP contribution in [0.4, 0.5) is 0 Å². The van der Waals surface area contributed by atoms with Crippen molar-refractivity contribution in [2.24, 2.45) is 0 Å². The quantitative estimate of drug-likeness (QED) is 0.589. The van der Waals surface area contributed by atoms with E-state index in [1.165, 1.54) is 5.06 Å². The minimum atomic E-state index is 0.310. The van der Waals surface area contributed by atoms with Crippen molar-refractivity contribution in [1.29, 1.82) is 0 Å². The minimum absolute atomic E-state index is 0.310. The van der Waals surface area contributed by atoms with Crippen molar-refractivity contribution in [3.63, 3.8) is 0 Å². The van der Waals surface area contributed by atoms with E-state index in [1.807, 2.05) is 6.92 Å². The molecular formula is C7H17NO. The molecule has 0 heterocycles. The largest absolute Gasteiger partial charge is 0.314 e. The van der Waals surface area contributed by atoms with Gasteiger partial charge in [-0.05, 0) is 19.8 Å². The highest BCUT2D eigenvalue weighted by Gasteiger charge is 2.05. The zero-order valence-electron chi connectivity index (χ0n) is 6.59. The highest BCUT2D eigenvalue weighted by atomic mass is 16.5. The molecule has 0 saturated heterocycles. The van der Waals surface area contributed by atoms with Crippen molar-refractivity contribution in [3.05, 3.63) is 0 Å². The Hall–Kier alpha value is -0.0800. The van der Waals surface area contributed by atoms with Gasteiger partial charge < -0.3 is 5.21 Å². The number of hydrogen-bond acceptors (Lipinski definition) is 2. The summed E-state index contributed by atoms with van der Waals surface area (Å²) in [6.45, 7) is 6.94. The molecular weight excluding hydrogens is 114 g/mol. The molecule has 9 heavy (non-hydrogen) atoms. The van der Waals surface area contributed by atoms with Gasteiger partial charge in [-0.3, -0.25) is 0 Å². The molecule has 1 N–H and O–H groups in total. The molecule has 56 valence electrons. The topological polar surface area (TPSA) is 23.5 Å². The van der Waals surface area contributed by atoms with Gasteiger partial charge in [-0.15, -0.1) is 0 Å². The van der Waals surface area contributed by atoms with E-state index in [0.717, 1.165) is 19.4 Å². The predicted octanol–water partition coefficient (Wildman–Crippen LogP) is 1.89. The summed E-state index contributed by atoms with van der Waals surface area (Å²) in [5.74, 6) is 0. The number of hydrogen-bond donors (Lipinski definition) is 1. The van der Waals surface area contributed by atoms with Crippen LogP contribution in [0.3, 0.4) is 0 Å². The molecule has 2 heteroatoms. The van der Waals surface area contributed by atoms with Crippen LogP contribution in [-0.4, -0.2) is 22.9 Å². The van der Waals surface area contributed by atoms with E-state index >= 15 is 0 Å². The third-order valence-corrected chi connectivity index (χ3v) is 1.55. The number of rotatable bonds is 4. The molecule has 1 unspecified atom stereocenters. The SMILES string of the molecule is CCCN(O)C(C)CC.